The van der Waals surface area contributed by atoms with Crippen molar-refractivity contribution in [2.24, 2.45) is 0 Å². The van der Waals surface area contributed by atoms with Crippen molar-refractivity contribution in [1.29, 1.82) is 5.26 Å². The lowest BCUT2D eigenvalue weighted by atomic mass is 10.2. The zero-order chi connectivity index (χ0) is 10.1. The second-order valence-corrected chi connectivity index (χ2v) is 3.77. The summed E-state index contributed by atoms with van der Waals surface area (Å²) in [6, 6.07) is 4.10. The number of aromatic nitrogens is 1. The van der Waals surface area contributed by atoms with Gasteiger partial charge in [-0.3, -0.25) is 0 Å². The Labute approximate surface area is 85.6 Å². The van der Waals surface area contributed by atoms with Crippen molar-refractivity contribution in [3.05, 3.63) is 22.7 Å². The van der Waals surface area contributed by atoms with Crippen LogP contribution in [-0.2, 0) is 0 Å². The van der Waals surface area contributed by atoms with Gasteiger partial charge in [0.2, 0.25) is 5.88 Å². The lowest BCUT2D eigenvalue weighted by Gasteiger charge is -2.04. The highest BCUT2D eigenvalue weighted by Gasteiger charge is 2.12. The molecule has 0 fully saturated rings. The van der Waals surface area contributed by atoms with E-state index in [-0.39, 0.29) is 0 Å². The first kappa shape index (κ1) is 8.97. The first-order valence-electron chi connectivity index (χ1n) is 4.10. The molecule has 0 amide bonds. The van der Waals surface area contributed by atoms with Crippen LogP contribution in [0.25, 0.3) is 10.1 Å². The molecule has 70 valence electrons. The van der Waals surface area contributed by atoms with Crippen molar-refractivity contribution in [2.45, 2.75) is 6.92 Å². The van der Waals surface area contributed by atoms with Crippen molar-refractivity contribution in [1.82, 2.24) is 4.98 Å². The lowest BCUT2D eigenvalue weighted by molar-refractivity contribution is 0.396. The number of rotatable bonds is 1. The first-order valence-corrected chi connectivity index (χ1v) is 4.97. The van der Waals surface area contributed by atoms with Crippen LogP contribution in [0.4, 0.5) is 0 Å². The van der Waals surface area contributed by atoms with E-state index in [0.29, 0.717) is 11.4 Å². The van der Waals surface area contributed by atoms with E-state index < -0.39 is 0 Å². The summed E-state index contributed by atoms with van der Waals surface area (Å²) in [4.78, 5) is 4.22. The Balaban J connectivity index is 2.91. The van der Waals surface area contributed by atoms with Crippen LogP contribution in [0.3, 0.4) is 0 Å². The van der Waals surface area contributed by atoms with E-state index in [4.69, 9.17) is 10.00 Å². The highest BCUT2D eigenvalue weighted by Crippen LogP contribution is 2.31. The molecule has 0 aliphatic carbocycles. The SMILES string of the molecule is COc1nc(C)c2ccsc2c1C#N. The smallest absolute Gasteiger partial charge is 0.233 e. The van der Waals surface area contributed by atoms with Crippen molar-refractivity contribution in [3.63, 3.8) is 0 Å². The number of pyridine rings is 1. The van der Waals surface area contributed by atoms with Crippen LogP contribution in [0.5, 0.6) is 5.88 Å². The van der Waals surface area contributed by atoms with Crippen LogP contribution in [-0.4, -0.2) is 12.1 Å². The highest BCUT2D eigenvalue weighted by atomic mass is 32.1. The molecule has 4 heteroatoms. The molecule has 2 aromatic heterocycles. The van der Waals surface area contributed by atoms with Gasteiger partial charge in [0.05, 0.1) is 17.5 Å². The minimum Gasteiger partial charge on any atom is -0.480 e. The summed E-state index contributed by atoms with van der Waals surface area (Å²) in [6.07, 6.45) is 0. The van der Waals surface area contributed by atoms with Crippen LogP contribution in [0, 0.1) is 18.3 Å². The Hall–Kier alpha value is -1.60. The normalized spacial score (nSPS) is 10.1. The fourth-order valence-electron chi connectivity index (χ4n) is 1.40. The number of hydrogen-bond acceptors (Lipinski definition) is 4. The van der Waals surface area contributed by atoms with Crippen molar-refractivity contribution < 1.29 is 4.74 Å². The third kappa shape index (κ3) is 1.14. The van der Waals surface area contributed by atoms with Gasteiger partial charge in [0.25, 0.3) is 0 Å². The molecule has 0 atom stereocenters. The first-order chi connectivity index (χ1) is 6.77. The number of methoxy groups -OCH3 is 1. The van der Waals surface area contributed by atoms with E-state index in [0.717, 1.165) is 15.8 Å². The summed E-state index contributed by atoms with van der Waals surface area (Å²) in [5.74, 6) is 0.417. The molecule has 2 aromatic rings. The van der Waals surface area contributed by atoms with E-state index in [2.05, 4.69) is 11.1 Å². The van der Waals surface area contributed by atoms with Gasteiger partial charge in [-0.1, -0.05) is 0 Å². The zero-order valence-electron chi connectivity index (χ0n) is 7.87. The summed E-state index contributed by atoms with van der Waals surface area (Å²) in [6.45, 7) is 1.92. The molecule has 0 saturated carbocycles. The molecule has 0 saturated heterocycles. The summed E-state index contributed by atoms with van der Waals surface area (Å²) in [7, 11) is 1.53. The molecule has 0 unspecified atom stereocenters. The van der Waals surface area contributed by atoms with Crippen molar-refractivity contribution >= 4 is 21.4 Å². The Bertz CT molecular complexity index is 525. The largest absolute Gasteiger partial charge is 0.480 e. The maximum atomic E-state index is 8.99. The predicted octanol–water partition coefficient (Wildman–Crippen LogP) is 2.49. The quantitative estimate of drug-likeness (QED) is 0.716. The molecular formula is C10H8N2OS. The fraction of sp³-hybridized carbons (Fsp3) is 0.200. The molecule has 0 aromatic carbocycles. The topological polar surface area (TPSA) is 45.9 Å². The minimum atomic E-state index is 0.417. The molecule has 2 rings (SSSR count). The van der Waals surface area contributed by atoms with Gasteiger partial charge in [0, 0.05) is 5.39 Å². The monoisotopic (exact) mass is 204 g/mol. The number of hydrogen-bond donors (Lipinski definition) is 0. The number of nitriles is 1. The van der Waals surface area contributed by atoms with E-state index in [1.807, 2.05) is 18.4 Å². The number of fused-ring (bicyclic) bond motifs is 1. The van der Waals surface area contributed by atoms with Gasteiger partial charge in [-0.15, -0.1) is 11.3 Å². The van der Waals surface area contributed by atoms with Gasteiger partial charge in [-0.05, 0) is 18.4 Å². The Morgan fingerprint density at radius 1 is 1.57 bits per heavy atom. The Morgan fingerprint density at radius 2 is 2.36 bits per heavy atom. The van der Waals surface area contributed by atoms with Gasteiger partial charge in [-0.2, -0.15) is 5.26 Å². The van der Waals surface area contributed by atoms with Crippen molar-refractivity contribution in [3.8, 4) is 11.9 Å². The number of nitrogens with zero attached hydrogens (tertiary/aromatic N) is 2. The van der Waals surface area contributed by atoms with Crippen LogP contribution < -0.4 is 4.74 Å². The second kappa shape index (κ2) is 3.28. The molecule has 0 aliphatic heterocycles. The Morgan fingerprint density at radius 3 is 3.00 bits per heavy atom. The molecule has 3 nitrogen and oxygen atoms in total. The number of thiophene rings is 1. The van der Waals surface area contributed by atoms with Crippen LogP contribution >= 0.6 is 11.3 Å². The molecule has 0 radical (unpaired) electrons. The molecule has 0 aliphatic rings. The summed E-state index contributed by atoms with van der Waals surface area (Å²) >= 11 is 1.54. The van der Waals surface area contributed by atoms with Gasteiger partial charge >= 0.3 is 0 Å². The number of ether oxygens (including phenoxy) is 1. The van der Waals surface area contributed by atoms with E-state index in [1.165, 1.54) is 18.4 Å². The average molecular weight is 204 g/mol. The van der Waals surface area contributed by atoms with Gasteiger partial charge in [-0.25, -0.2) is 4.98 Å². The third-order valence-corrected chi connectivity index (χ3v) is 3.00. The highest BCUT2D eigenvalue weighted by molar-refractivity contribution is 7.17. The average Bonchev–Trinajstić information content (AvgIpc) is 2.66. The van der Waals surface area contributed by atoms with Crippen LogP contribution in [0.2, 0.25) is 0 Å². The molecule has 2 heterocycles. The zero-order valence-corrected chi connectivity index (χ0v) is 8.68. The maximum Gasteiger partial charge on any atom is 0.233 e. The summed E-state index contributed by atoms with van der Waals surface area (Å²) in [5.41, 5.74) is 1.43. The molecule has 0 spiro atoms. The predicted molar refractivity (Wildman–Crippen MR) is 55.6 cm³/mol. The molecule has 0 bridgehead atoms. The fourth-order valence-corrected chi connectivity index (χ4v) is 2.33. The minimum absolute atomic E-state index is 0.417. The van der Waals surface area contributed by atoms with E-state index >= 15 is 0 Å². The van der Waals surface area contributed by atoms with E-state index in [9.17, 15) is 0 Å². The third-order valence-electron chi connectivity index (χ3n) is 2.07. The maximum absolute atomic E-state index is 8.99. The van der Waals surface area contributed by atoms with Gasteiger partial charge in [0.15, 0.2) is 0 Å². The molecule has 14 heavy (non-hydrogen) atoms. The number of aryl methyl sites for hydroxylation is 1. The van der Waals surface area contributed by atoms with Gasteiger partial charge in [0.1, 0.15) is 11.6 Å². The second-order valence-electron chi connectivity index (χ2n) is 2.86. The van der Waals surface area contributed by atoms with Crippen molar-refractivity contribution in [2.75, 3.05) is 7.11 Å². The molecular weight excluding hydrogens is 196 g/mol. The van der Waals surface area contributed by atoms with Crippen LogP contribution in [0.15, 0.2) is 11.4 Å². The van der Waals surface area contributed by atoms with Crippen LogP contribution in [0.1, 0.15) is 11.3 Å². The van der Waals surface area contributed by atoms with Gasteiger partial charge < -0.3 is 4.74 Å². The molecule has 0 N–H and O–H groups in total. The van der Waals surface area contributed by atoms with E-state index in [1.54, 1.807) is 0 Å². The lowest BCUT2D eigenvalue weighted by Crippen LogP contribution is -1.94. The standard InChI is InChI=1S/C10H8N2OS/c1-6-7-3-4-14-9(7)8(5-11)10(12-6)13-2/h3-4H,1-2H3. The summed E-state index contributed by atoms with van der Waals surface area (Å²) < 4.78 is 6.02. The Kier molecular flexibility index (Phi) is 2.10. The summed E-state index contributed by atoms with van der Waals surface area (Å²) in [5, 5.41) is 12.0.